The van der Waals surface area contributed by atoms with Crippen molar-refractivity contribution in [3.8, 4) is 0 Å². The zero-order valence-corrected chi connectivity index (χ0v) is 18.3. The molecule has 4 rings (SSSR count). The van der Waals surface area contributed by atoms with Crippen LogP contribution in [0.3, 0.4) is 0 Å². The van der Waals surface area contributed by atoms with Crippen LogP contribution in [0.15, 0.2) is 64.4 Å². The van der Waals surface area contributed by atoms with E-state index in [-0.39, 0.29) is 24.4 Å². The molecule has 1 heterocycles. The average molecular weight is 421 g/mol. The number of anilines is 1. The van der Waals surface area contributed by atoms with Crippen molar-refractivity contribution in [2.75, 3.05) is 11.4 Å². The SMILES string of the molecule is C[C@H]1[C@H](C)CCC[C@@H]1NC(=O)CN1C(=O)/C(=C/c2ccccc2)Sc2ccccc21. The molecule has 1 aliphatic carbocycles. The third-order valence-electron chi connectivity index (χ3n) is 6.28. The number of hydrogen-bond donors (Lipinski definition) is 1. The second-order valence-electron chi connectivity index (χ2n) is 8.32. The molecule has 0 aromatic heterocycles. The standard InChI is InChI=1S/C25H28N2O2S/c1-17-9-8-12-20(18(17)2)26-24(28)16-27-21-13-6-7-14-22(21)30-23(25(27)29)15-19-10-4-3-5-11-19/h3-7,10-11,13-15,17-18,20H,8-9,12,16H2,1-2H3,(H,26,28)/b23-15-/t17-,18+,20+/m1/s1. The van der Waals surface area contributed by atoms with E-state index in [1.54, 1.807) is 4.90 Å². The Hall–Kier alpha value is -2.53. The van der Waals surface area contributed by atoms with Gasteiger partial charge in [0.05, 0.1) is 10.6 Å². The highest BCUT2D eigenvalue weighted by Crippen LogP contribution is 2.42. The third-order valence-corrected chi connectivity index (χ3v) is 7.36. The zero-order valence-electron chi connectivity index (χ0n) is 17.5. The molecule has 0 bridgehead atoms. The summed E-state index contributed by atoms with van der Waals surface area (Å²) in [7, 11) is 0. The Kier molecular flexibility index (Phi) is 6.28. The number of benzene rings is 2. The lowest BCUT2D eigenvalue weighted by atomic mass is 9.78. The normalized spacial score (nSPS) is 25.1. The molecule has 2 amide bonds. The third kappa shape index (κ3) is 4.46. The highest BCUT2D eigenvalue weighted by atomic mass is 32.2. The second kappa shape index (κ2) is 9.09. The Morgan fingerprint density at radius 2 is 1.83 bits per heavy atom. The molecule has 1 aliphatic heterocycles. The summed E-state index contributed by atoms with van der Waals surface area (Å²) in [5.41, 5.74) is 1.78. The van der Waals surface area contributed by atoms with E-state index >= 15 is 0 Å². The van der Waals surface area contributed by atoms with E-state index in [0.29, 0.717) is 16.7 Å². The maximum atomic E-state index is 13.3. The molecule has 1 fully saturated rings. The Balaban J connectivity index is 1.55. The summed E-state index contributed by atoms with van der Waals surface area (Å²) >= 11 is 1.47. The van der Waals surface area contributed by atoms with Gasteiger partial charge < -0.3 is 5.32 Å². The molecule has 2 aromatic rings. The van der Waals surface area contributed by atoms with Crippen molar-refractivity contribution >= 4 is 35.3 Å². The largest absolute Gasteiger partial charge is 0.352 e. The van der Waals surface area contributed by atoms with E-state index in [4.69, 9.17) is 0 Å². The Bertz CT molecular complexity index is 957. The molecule has 0 unspecified atom stereocenters. The van der Waals surface area contributed by atoms with Gasteiger partial charge in [-0.3, -0.25) is 14.5 Å². The van der Waals surface area contributed by atoms with Crippen LogP contribution in [0.25, 0.3) is 6.08 Å². The van der Waals surface area contributed by atoms with Crippen molar-refractivity contribution in [3.63, 3.8) is 0 Å². The van der Waals surface area contributed by atoms with Gasteiger partial charge in [0.25, 0.3) is 5.91 Å². The molecule has 3 atom stereocenters. The number of carbonyl (C=O) groups is 2. The number of rotatable bonds is 4. The number of carbonyl (C=O) groups excluding carboxylic acids is 2. The number of para-hydroxylation sites is 1. The van der Waals surface area contributed by atoms with Crippen molar-refractivity contribution in [3.05, 3.63) is 65.1 Å². The summed E-state index contributed by atoms with van der Waals surface area (Å²) in [6, 6.07) is 17.8. The van der Waals surface area contributed by atoms with Crippen LogP contribution in [0.5, 0.6) is 0 Å². The van der Waals surface area contributed by atoms with Crippen LogP contribution in [0.4, 0.5) is 5.69 Å². The first-order valence-electron chi connectivity index (χ1n) is 10.7. The van der Waals surface area contributed by atoms with E-state index in [2.05, 4.69) is 19.2 Å². The summed E-state index contributed by atoms with van der Waals surface area (Å²) in [6.07, 6.45) is 5.27. The van der Waals surface area contributed by atoms with Crippen molar-refractivity contribution in [1.82, 2.24) is 5.32 Å². The number of amides is 2. The average Bonchev–Trinajstić information content (AvgIpc) is 2.75. The minimum absolute atomic E-state index is 0.0418. The zero-order chi connectivity index (χ0) is 21.1. The topological polar surface area (TPSA) is 49.4 Å². The predicted octanol–water partition coefficient (Wildman–Crippen LogP) is 5.11. The van der Waals surface area contributed by atoms with Crippen LogP contribution in [0, 0.1) is 11.8 Å². The Labute approximate surface area is 182 Å². The maximum absolute atomic E-state index is 13.3. The lowest BCUT2D eigenvalue weighted by Crippen LogP contribution is -2.49. The van der Waals surface area contributed by atoms with Crippen LogP contribution in [0.2, 0.25) is 0 Å². The minimum atomic E-state index is -0.122. The van der Waals surface area contributed by atoms with Gasteiger partial charge in [-0.15, -0.1) is 0 Å². The van der Waals surface area contributed by atoms with Crippen molar-refractivity contribution in [1.29, 1.82) is 0 Å². The predicted molar refractivity (Wildman–Crippen MR) is 123 cm³/mol. The smallest absolute Gasteiger partial charge is 0.265 e. The van der Waals surface area contributed by atoms with Gasteiger partial charge in [0.1, 0.15) is 6.54 Å². The first kappa shape index (κ1) is 20.7. The lowest BCUT2D eigenvalue weighted by molar-refractivity contribution is -0.123. The van der Waals surface area contributed by atoms with Crippen molar-refractivity contribution in [2.24, 2.45) is 11.8 Å². The number of thioether (sulfide) groups is 1. The van der Waals surface area contributed by atoms with Gasteiger partial charge in [0.2, 0.25) is 5.91 Å². The van der Waals surface area contributed by atoms with Crippen molar-refractivity contribution in [2.45, 2.75) is 44.0 Å². The van der Waals surface area contributed by atoms with E-state index in [9.17, 15) is 9.59 Å². The van der Waals surface area contributed by atoms with Crippen LogP contribution in [-0.2, 0) is 9.59 Å². The molecule has 0 spiro atoms. The van der Waals surface area contributed by atoms with Gasteiger partial charge in [0, 0.05) is 10.9 Å². The van der Waals surface area contributed by atoms with Gasteiger partial charge in [-0.2, -0.15) is 0 Å². The molecule has 30 heavy (non-hydrogen) atoms. The molecule has 0 radical (unpaired) electrons. The van der Waals surface area contributed by atoms with E-state index < -0.39 is 0 Å². The fourth-order valence-corrected chi connectivity index (χ4v) is 5.36. The van der Waals surface area contributed by atoms with Gasteiger partial charge in [-0.05, 0) is 42.0 Å². The summed E-state index contributed by atoms with van der Waals surface area (Å²) in [5.74, 6) is 0.854. The number of hydrogen-bond acceptors (Lipinski definition) is 3. The fourth-order valence-electron chi connectivity index (χ4n) is 4.30. The molecule has 156 valence electrons. The molecule has 0 saturated heterocycles. The van der Waals surface area contributed by atoms with Gasteiger partial charge in [0.15, 0.2) is 0 Å². The molecule has 2 aliphatic rings. The monoisotopic (exact) mass is 420 g/mol. The van der Waals surface area contributed by atoms with Crippen molar-refractivity contribution < 1.29 is 9.59 Å². The number of fused-ring (bicyclic) bond motifs is 1. The molecular weight excluding hydrogens is 392 g/mol. The first-order chi connectivity index (χ1) is 14.5. The lowest BCUT2D eigenvalue weighted by Gasteiger charge is -2.35. The summed E-state index contributed by atoms with van der Waals surface area (Å²) in [4.78, 5) is 29.5. The molecule has 1 saturated carbocycles. The summed E-state index contributed by atoms with van der Waals surface area (Å²) in [6.45, 7) is 4.51. The van der Waals surface area contributed by atoms with Crippen LogP contribution in [0.1, 0.15) is 38.7 Å². The van der Waals surface area contributed by atoms with Crippen LogP contribution >= 0.6 is 11.8 Å². The van der Waals surface area contributed by atoms with Gasteiger partial charge >= 0.3 is 0 Å². The Morgan fingerprint density at radius 1 is 1.10 bits per heavy atom. The Morgan fingerprint density at radius 3 is 2.63 bits per heavy atom. The number of nitrogens with zero attached hydrogens (tertiary/aromatic N) is 1. The van der Waals surface area contributed by atoms with Crippen LogP contribution in [-0.4, -0.2) is 24.4 Å². The molecule has 5 heteroatoms. The molecule has 2 aromatic carbocycles. The first-order valence-corrected chi connectivity index (χ1v) is 11.5. The van der Waals surface area contributed by atoms with E-state index in [1.807, 2.05) is 60.7 Å². The maximum Gasteiger partial charge on any atom is 0.265 e. The van der Waals surface area contributed by atoms with Gasteiger partial charge in [-0.1, -0.05) is 80.9 Å². The highest BCUT2D eigenvalue weighted by Gasteiger charge is 2.32. The fraction of sp³-hybridized carbons (Fsp3) is 0.360. The number of nitrogens with one attached hydrogen (secondary N) is 1. The second-order valence-corrected chi connectivity index (χ2v) is 9.41. The van der Waals surface area contributed by atoms with E-state index in [0.717, 1.165) is 29.0 Å². The molecular formula is C25H28N2O2S. The quantitative estimate of drug-likeness (QED) is 0.700. The van der Waals surface area contributed by atoms with Gasteiger partial charge in [-0.25, -0.2) is 0 Å². The van der Waals surface area contributed by atoms with Crippen LogP contribution < -0.4 is 10.2 Å². The summed E-state index contributed by atoms with van der Waals surface area (Å²) in [5, 5.41) is 3.20. The molecule has 4 nitrogen and oxygen atoms in total. The highest BCUT2D eigenvalue weighted by molar-refractivity contribution is 8.04. The molecule has 1 N–H and O–H groups in total. The summed E-state index contributed by atoms with van der Waals surface area (Å²) < 4.78 is 0. The van der Waals surface area contributed by atoms with E-state index in [1.165, 1.54) is 18.2 Å². The minimum Gasteiger partial charge on any atom is -0.352 e.